The van der Waals surface area contributed by atoms with E-state index in [0.29, 0.717) is 27.8 Å². The third-order valence-corrected chi connectivity index (χ3v) is 4.18. The first-order valence-electron chi connectivity index (χ1n) is 7.19. The lowest BCUT2D eigenvalue weighted by Crippen LogP contribution is -2.23. The fraction of sp³-hybridized carbons (Fsp3) is 0.118. The van der Waals surface area contributed by atoms with Gasteiger partial charge < -0.3 is 10.1 Å². The zero-order valence-electron chi connectivity index (χ0n) is 12.8. The molecule has 0 unspecified atom stereocenters. The lowest BCUT2D eigenvalue weighted by atomic mass is 10.2. The van der Waals surface area contributed by atoms with Crippen LogP contribution in [0.15, 0.2) is 48.1 Å². The van der Waals surface area contributed by atoms with Gasteiger partial charge in [-0.05, 0) is 25.1 Å². The predicted molar refractivity (Wildman–Crippen MR) is 88.7 cm³/mol. The Bertz CT molecular complexity index is 866. The number of hydrogen-bond acceptors (Lipinski definition) is 5. The van der Waals surface area contributed by atoms with E-state index in [-0.39, 0.29) is 18.3 Å². The number of amides is 1. The first-order valence-corrected chi connectivity index (χ1v) is 8.07. The predicted octanol–water partition coefficient (Wildman–Crippen LogP) is 3.71. The lowest BCUT2D eigenvalue weighted by Gasteiger charge is -2.10. The number of aryl methyl sites for hydroxylation is 1. The van der Waals surface area contributed by atoms with Crippen molar-refractivity contribution in [2.24, 2.45) is 0 Å². The molecule has 0 fully saturated rings. The molecule has 0 aliphatic heterocycles. The number of ether oxygens (including phenoxy) is 1. The van der Waals surface area contributed by atoms with Crippen molar-refractivity contribution >= 4 is 17.2 Å². The van der Waals surface area contributed by atoms with Crippen molar-refractivity contribution in [3.8, 4) is 11.6 Å². The Morgan fingerprint density at radius 1 is 1.29 bits per heavy atom. The van der Waals surface area contributed by atoms with Gasteiger partial charge in [-0.15, -0.1) is 11.3 Å². The van der Waals surface area contributed by atoms with Crippen LogP contribution in [0.25, 0.3) is 0 Å². The van der Waals surface area contributed by atoms with Crippen LogP contribution in [0.1, 0.15) is 20.9 Å². The van der Waals surface area contributed by atoms with Gasteiger partial charge >= 0.3 is 0 Å². The minimum Gasteiger partial charge on any atom is -0.439 e. The maximum absolute atomic E-state index is 13.3. The molecular weight excluding hydrogens is 329 g/mol. The van der Waals surface area contributed by atoms with Gasteiger partial charge in [-0.25, -0.2) is 14.4 Å². The molecule has 3 rings (SSSR count). The van der Waals surface area contributed by atoms with Crippen molar-refractivity contribution in [2.75, 3.05) is 0 Å². The van der Waals surface area contributed by atoms with Crippen molar-refractivity contribution < 1.29 is 13.9 Å². The quantitative estimate of drug-likeness (QED) is 0.767. The number of halogens is 1. The molecule has 0 saturated heterocycles. The summed E-state index contributed by atoms with van der Waals surface area (Å²) in [6.45, 7) is 2.03. The Morgan fingerprint density at radius 2 is 2.17 bits per heavy atom. The van der Waals surface area contributed by atoms with Gasteiger partial charge in [-0.3, -0.25) is 4.79 Å². The molecule has 3 aromatic rings. The molecule has 0 atom stereocenters. The van der Waals surface area contributed by atoms with Crippen LogP contribution in [0.5, 0.6) is 11.6 Å². The molecule has 7 heteroatoms. The molecule has 0 radical (unpaired) electrons. The van der Waals surface area contributed by atoms with Crippen LogP contribution >= 0.6 is 11.3 Å². The van der Waals surface area contributed by atoms with E-state index in [2.05, 4.69) is 15.3 Å². The molecule has 2 heterocycles. The van der Waals surface area contributed by atoms with Crippen molar-refractivity contribution in [1.82, 2.24) is 15.3 Å². The Labute approximate surface area is 142 Å². The van der Waals surface area contributed by atoms with Crippen molar-refractivity contribution in [2.45, 2.75) is 13.5 Å². The molecule has 0 saturated carbocycles. The Hall–Kier alpha value is -2.80. The highest BCUT2D eigenvalue weighted by Gasteiger charge is 2.13. The van der Waals surface area contributed by atoms with Crippen LogP contribution < -0.4 is 10.1 Å². The Morgan fingerprint density at radius 3 is 2.92 bits per heavy atom. The van der Waals surface area contributed by atoms with E-state index >= 15 is 0 Å². The highest BCUT2D eigenvalue weighted by molar-refractivity contribution is 7.11. The average Bonchev–Trinajstić information content (AvgIpc) is 3.00. The summed E-state index contributed by atoms with van der Waals surface area (Å²) >= 11 is 1.29. The maximum Gasteiger partial charge on any atom is 0.263 e. The highest BCUT2D eigenvalue weighted by Crippen LogP contribution is 2.23. The normalized spacial score (nSPS) is 10.4. The molecule has 1 aromatic carbocycles. The summed E-state index contributed by atoms with van der Waals surface area (Å²) in [6, 6.07) is 9.35. The minimum absolute atomic E-state index is 0.199. The summed E-state index contributed by atoms with van der Waals surface area (Å²) in [4.78, 5) is 21.0. The van der Waals surface area contributed by atoms with Crippen LogP contribution in [0.4, 0.5) is 4.39 Å². The number of pyridine rings is 1. The number of nitrogens with one attached hydrogen (secondary N) is 1. The smallest absolute Gasteiger partial charge is 0.263 e. The maximum atomic E-state index is 13.3. The largest absolute Gasteiger partial charge is 0.439 e. The second-order valence-corrected chi connectivity index (χ2v) is 5.83. The Balaban J connectivity index is 1.72. The molecular formula is C17H14FN3O2S. The molecule has 1 amide bonds. The Kier molecular flexibility index (Phi) is 4.81. The topological polar surface area (TPSA) is 64.1 Å². The van der Waals surface area contributed by atoms with E-state index in [1.807, 2.05) is 0 Å². The molecule has 0 spiro atoms. The summed E-state index contributed by atoms with van der Waals surface area (Å²) in [5.41, 5.74) is 3.02. The molecule has 2 aromatic heterocycles. The molecule has 0 bridgehead atoms. The van der Waals surface area contributed by atoms with Gasteiger partial charge in [0, 0.05) is 24.4 Å². The summed E-state index contributed by atoms with van der Waals surface area (Å²) in [7, 11) is 0. The zero-order chi connectivity index (χ0) is 16.9. The first-order chi connectivity index (χ1) is 11.6. The molecule has 5 nitrogen and oxygen atoms in total. The van der Waals surface area contributed by atoms with Crippen LogP contribution in [0, 0.1) is 12.7 Å². The van der Waals surface area contributed by atoms with Gasteiger partial charge in [0.15, 0.2) is 0 Å². The average molecular weight is 343 g/mol. The monoisotopic (exact) mass is 343 g/mol. The number of aromatic nitrogens is 2. The molecule has 24 heavy (non-hydrogen) atoms. The second-order valence-electron chi connectivity index (χ2n) is 4.98. The molecule has 0 aliphatic rings. The second kappa shape index (κ2) is 7.18. The summed E-state index contributed by atoms with van der Waals surface area (Å²) in [5.74, 6) is 0.0820. The van der Waals surface area contributed by atoms with Crippen molar-refractivity contribution in [1.29, 1.82) is 0 Å². The van der Waals surface area contributed by atoms with Gasteiger partial charge in [-0.2, -0.15) is 0 Å². The minimum atomic E-state index is -0.390. The van der Waals surface area contributed by atoms with E-state index < -0.39 is 0 Å². The van der Waals surface area contributed by atoms with Gasteiger partial charge in [0.25, 0.3) is 5.91 Å². The van der Waals surface area contributed by atoms with Crippen molar-refractivity contribution in [3.63, 3.8) is 0 Å². The zero-order valence-corrected chi connectivity index (χ0v) is 13.6. The SMILES string of the molecule is Cc1ncsc1C(=O)NCc1cccnc1Oc1cccc(F)c1. The standard InChI is InChI=1S/C17H14FN3O2S/c1-11-15(24-10-21-11)16(22)20-9-12-4-3-7-19-17(12)23-14-6-2-5-13(18)8-14/h2-8,10H,9H2,1H3,(H,20,22). The van der Waals surface area contributed by atoms with Crippen LogP contribution in [-0.4, -0.2) is 15.9 Å². The van der Waals surface area contributed by atoms with E-state index in [1.54, 1.807) is 42.9 Å². The third-order valence-electron chi connectivity index (χ3n) is 3.25. The first kappa shape index (κ1) is 16.1. The summed E-state index contributed by atoms with van der Waals surface area (Å²) in [6.07, 6.45) is 1.58. The van der Waals surface area contributed by atoms with Crippen LogP contribution in [0.2, 0.25) is 0 Å². The van der Waals surface area contributed by atoms with Crippen LogP contribution in [0.3, 0.4) is 0 Å². The number of nitrogens with zero attached hydrogens (tertiary/aromatic N) is 2. The highest BCUT2D eigenvalue weighted by atomic mass is 32.1. The number of rotatable bonds is 5. The molecule has 0 aliphatic carbocycles. The van der Waals surface area contributed by atoms with Gasteiger partial charge in [0.2, 0.25) is 5.88 Å². The van der Waals surface area contributed by atoms with E-state index in [1.165, 1.54) is 23.5 Å². The number of hydrogen-bond donors (Lipinski definition) is 1. The number of thiazole rings is 1. The number of benzene rings is 1. The van der Waals surface area contributed by atoms with E-state index in [4.69, 9.17) is 4.74 Å². The number of carbonyl (C=O) groups is 1. The summed E-state index contributed by atoms with van der Waals surface area (Å²) < 4.78 is 18.9. The fourth-order valence-corrected chi connectivity index (χ4v) is 2.79. The summed E-state index contributed by atoms with van der Waals surface area (Å²) in [5, 5.41) is 2.82. The van der Waals surface area contributed by atoms with E-state index in [0.717, 1.165) is 0 Å². The third kappa shape index (κ3) is 3.75. The van der Waals surface area contributed by atoms with Crippen molar-refractivity contribution in [3.05, 3.63) is 70.1 Å². The molecule has 1 N–H and O–H groups in total. The molecule has 122 valence electrons. The van der Waals surface area contributed by atoms with E-state index in [9.17, 15) is 9.18 Å². The van der Waals surface area contributed by atoms with Gasteiger partial charge in [0.05, 0.1) is 11.2 Å². The fourth-order valence-electron chi connectivity index (χ4n) is 2.07. The van der Waals surface area contributed by atoms with Gasteiger partial charge in [0.1, 0.15) is 16.4 Å². The van der Waals surface area contributed by atoms with Gasteiger partial charge in [-0.1, -0.05) is 12.1 Å². The van der Waals surface area contributed by atoms with Crippen LogP contribution in [-0.2, 0) is 6.54 Å². The lowest BCUT2D eigenvalue weighted by molar-refractivity contribution is 0.0954. The number of carbonyl (C=O) groups excluding carboxylic acids is 1.